The first-order chi connectivity index (χ1) is 11.5. The van der Waals surface area contributed by atoms with Crippen molar-refractivity contribution in [3.63, 3.8) is 0 Å². The Morgan fingerprint density at radius 1 is 0.958 bits per heavy atom. The minimum atomic E-state index is -3.70. The second kappa shape index (κ2) is 6.62. The van der Waals surface area contributed by atoms with Crippen molar-refractivity contribution in [1.29, 1.82) is 0 Å². The zero-order valence-corrected chi connectivity index (χ0v) is 14.1. The van der Waals surface area contributed by atoms with Crippen molar-refractivity contribution in [2.75, 3.05) is 31.6 Å². The SMILES string of the molecule is COc1ccc(S(=O)(=O)N2CCN(c3ccccc3)C(=O)C2)cc1. The summed E-state index contributed by atoms with van der Waals surface area (Å²) in [4.78, 5) is 14.2. The maximum atomic E-state index is 12.7. The number of amides is 1. The summed E-state index contributed by atoms with van der Waals surface area (Å²) in [6.45, 7) is 0.427. The minimum Gasteiger partial charge on any atom is -0.497 e. The van der Waals surface area contributed by atoms with Crippen LogP contribution in [-0.4, -0.2) is 45.4 Å². The van der Waals surface area contributed by atoms with E-state index in [1.807, 2.05) is 30.3 Å². The van der Waals surface area contributed by atoms with Gasteiger partial charge in [0.05, 0.1) is 18.6 Å². The number of para-hydroxylation sites is 1. The molecular weight excluding hydrogens is 328 g/mol. The summed E-state index contributed by atoms with van der Waals surface area (Å²) in [6.07, 6.45) is 0. The molecule has 7 heteroatoms. The van der Waals surface area contributed by atoms with E-state index in [0.29, 0.717) is 12.3 Å². The molecule has 0 unspecified atom stereocenters. The third kappa shape index (κ3) is 3.13. The molecule has 1 aliphatic rings. The lowest BCUT2D eigenvalue weighted by Gasteiger charge is -2.33. The summed E-state index contributed by atoms with van der Waals surface area (Å²) in [7, 11) is -2.18. The summed E-state index contributed by atoms with van der Waals surface area (Å²) >= 11 is 0. The van der Waals surface area contributed by atoms with Crippen molar-refractivity contribution in [3.05, 3.63) is 54.6 Å². The number of rotatable bonds is 4. The number of benzene rings is 2. The van der Waals surface area contributed by atoms with Crippen molar-refractivity contribution in [3.8, 4) is 5.75 Å². The van der Waals surface area contributed by atoms with Crippen molar-refractivity contribution < 1.29 is 17.9 Å². The predicted molar refractivity (Wildman–Crippen MR) is 90.5 cm³/mol. The molecule has 126 valence electrons. The molecule has 1 heterocycles. The highest BCUT2D eigenvalue weighted by molar-refractivity contribution is 7.89. The highest BCUT2D eigenvalue weighted by Crippen LogP contribution is 2.23. The van der Waals surface area contributed by atoms with Crippen LogP contribution in [0.25, 0.3) is 0 Å². The molecule has 0 saturated carbocycles. The molecule has 6 nitrogen and oxygen atoms in total. The Labute approximate surface area is 141 Å². The maximum Gasteiger partial charge on any atom is 0.243 e. The first-order valence-electron chi connectivity index (χ1n) is 7.52. The van der Waals surface area contributed by atoms with Crippen LogP contribution in [0, 0.1) is 0 Å². The molecule has 0 aliphatic carbocycles. The third-order valence-electron chi connectivity index (χ3n) is 3.95. The van der Waals surface area contributed by atoms with Gasteiger partial charge in [-0.05, 0) is 36.4 Å². The van der Waals surface area contributed by atoms with Crippen LogP contribution >= 0.6 is 0 Å². The Morgan fingerprint density at radius 2 is 1.62 bits per heavy atom. The second-order valence-corrected chi connectivity index (χ2v) is 7.33. The van der Waals surface area contributed by atoms with Gasteiger partial charge in [0.2, 0.25) is 15.9 Å². The van der Waals surface area contributed by atoms with E-state index in [1.165, 1.54) is 23.5 Å². The van der Waals surface area contributed by atoms with Crippen molar-refractivity contribution >= 4 is 21.6 Å². The average Bonchev–Trinajstić information content (AvgIpc) is 2.62. The van der Waals surface area contributed by atoms with E-state index in [2.05, 4.69) is 0 Å². The van der Waals surface area contributed by atoms with Gasteiger partial charge in [-0.1, -0.05) is 18.2 Å². The van der Waals surface area contributed by atoms with Crippen molar-refractivity contribution in [2.24, 2.45) is 0 Å². The molecule has 0 aromatic heterocycles. The number of nitrogens with zero attached hydrogens (tertiary/aromatic N) is 2. The topological polar surface area (TPSA) is 66.9 Å². The minimum absolute atomic E-state index is 0.157. The van der Waals surface area contributed by atoms with Crippen molar-refractivity contribution in [2.45, 2.75) is 4.90 Å². The normalized spacial score (nSPS) is 16.2. The molecule has 24 heavy (non-hydrogen) atoms. The smallest absolute Gasteiger partial charge is 0.243 e. The number of methoxy groups -OCH3 is 1. The Morgan fingerprint density at radius 3 is 2.21 bits per heavy atom. The van der Waals surface area contributed by atoms with Gasteiger partial charge in [-0.3, -0.25) is 4.79 Å². The second-order valence-electron chi connectivity index (χ2n) is 5.40. The zero-order chi connectivity index (χ0) is 17.2. The van der Waals surface area contributed by atoms with E-state index >= 15 is 0 Å². The fourth-order valence-electron chi connectivity index (χ4n) is 2.63. The Hall–Kier alpha value is -2.38. The van der Waals surface area contributed by atoms with Gasteiger partial charge in [-0.15, -0.1) is 0 Å². The molecule has 2 aromatic carbocycles. The van der Waals surface area contributed by atoms with Gasteiger partial charge in [-0.25, -0.2) is 8.42 Å². The van der Waals surface area contributed by atoms with E-state index in [-0.39, 0.29) is 23.9 Å². The zero-order valence-electron chi connectivity index (χ0n) is 13.3. The van der Waals surface area contributed by atoms with E-state index in [0.717, 1.165) is 5.69 Å². The summed E-state index contributed by atoms with van der Waals surface area (Å²) < 4.78 is 31.6. The molecule has 0 bridgehead atoms. The molecule has 1 amide bonds. The van der Waals surface area contributed by atoms with Crippen molar-refractivity contribution in [1.82, 2.24) is 4.31 Å². The van der Waals surface area contributed by atoms with Gasteiger partial charge in [0.15, 0.2) is 0 Å². The number of hydrogen-bond acceptors (Lipinski definition) is 4. The van der Waals surface area contributed by atoms with Gasteiger partial charge in [0.25, 0.3) is 0 Å². The van der Waals surface area contributed by atoms with Gasteiger partial charge >= 0.3 is 0 Å². The Kier molecular flexibility index (Phi) is 4.55. The van der Waals surface area contributed by atoms with Gasteiger partial charge in [0, 0.05) is 18.8 Å². The number of anilines is 1. The summed E-state index contributed by atoms with van der Waals surface area (Å²) in [5, 5.41) is 0. The predicted octanol–water partition coefficient (Wildman–Crippen LogP) is 1.73. The van der Waals surface area contributed by atoms with Crippen LogP contribution in [-0.2, 0) is 14.8 Å². The molecule has 1 saturated heterocycles. The number of piperazine rings is 1. The van der Waals surface area contributed by atoms with E-state index in [1.54, 1.807) is 17.0 Å². The Balaban J connectivity index is 1.78. The average molecular weight is 346 g/mol. The fraction of sp³-hybridized carbons (Fsp3) is 0.235. The summed E-state index contributed by atoms with van der Waals surface area (Å²) in [6, 6.07) is 15.4. The molecule has 0 N–H and O–H groups in total. The first-order valence-corrected chi connectivity index (χ1v) is 8.96. The molecule has 1 aliphatic heterocycles. The lowest BCUT2D eigenvalue weighted by molar-refractivity contribution is -0.119. The van der Waals surface area contributed by atoms with Crippen LogP contribution in [0.1, 0.15) is 0 Å². The molecule has 0 spiro atoms. The maximum absolute atomic E-state index is 12.7. The van der Waals surface area contributed by atoms with Crippen LogP contribution in [0.5, 0.6) is 5.75 Å². The van der Waals surface area contributed by atoms with E-state index in [4.69, 9.17) is 4.74 Å². The van der Waals surface area contributed by atoms with Crippen LogP contribution < -0.4 is 9.64 Å². The van der Waals surface area contributed by atoms with Crippen LogP contribution in [0.2, 0.25) is 0 Å². The molecular formula is C17H18N2O4S. The van der Waals surface area contributed by atoms with Crippen LogP contribution in [0.3, 0.4) is 0 Å². The largest absolute Gasteiger partial charge is 0.497 e. The number of hydrogen-bond donors (Lipinski definition) is 0. The quantitative estimate of drug-likeness (QED) is 0.846. The monoisotopic (exact) mass is 346 g/mol. The number of ether oxygens (including phenoxy) is 1. The standard InChI is InChI=1S/C17H18N2O4S/c1-23-15-7-9-16(10-8-15)24(21,22)18-11-12-19(17(20)13-18)14-5-3-2-4-6-14/h2-10H,11-13H2,1H3. The lowest BCUT2D eigenvalue weighted by Crippen LogP contribution is -2.52. The molecule has 3 rings (SSSR count). The van der Waals surface area contributed by atoms with Gasteiger partial charge in [-0.2, -0.15) is 4.31 Å². The molecule has 0 atom stereocenters. The highest BCUT2D eigenvalue weighted by Gasteiger charge is 2.33. The third-order valence-corrected chi connectivity index (χ3v) is 5.81. The first kappa shape index (κ1) is 16.5. The van der Waals surface area contributed by atoms with Gasteiger partial charge < -0.3 is 9.64 Å². The van der Waals surface area contributed by atoms with Crippen LogP contribution in [0.15, 0.2) is 59.5 Å². The lowest BCUT2D eigenvalue weighted by atomic mass is 10.2. The number of carbonyl (C=O) groups is 1. The van der Waals surface area contributed by atoms with E-state index in [9.17, 15) is 13.2 Å². The molecule has 2 aromatic rings. The van der Waals surface area contributed by atoms with Gasteiger partial charge in [0.1, 0.15) is 5.75 Å². The van der Waals surface area contributed by atoms with Crippen LogP contribution in [0.4, 0.5) is 5.69 Å². The summed E-state index contributed by atoms with van der Waals surface area (Å²) in [5.41, 5.74) is 0.781. The Bertz CT molecular complexity index is 819. The molecule has 1 fully saturated rings. The highest BCUT2D eigenvalue weighted by atomic mass is 32.2. The fourth-order valence-corrected chi connectivity index (χ4v) is 4.02. The molecule has 0 radical (unpaired) electrons. The summed E-state index contributed by atoms with van der Waals surface area (Å²) in [5.74, 6) is 0.350. The number of sulfonamides is 1. The number of carbonyl (C=O) groups excluding carboxylic acids is 1. The van der Waals surface area contributed by atoms with E-state index < -0.39 is 10.0 Å².